The zero-order valence-electron chi connectivity index (χ0n) is 14.2. The number of amides is 1. The maximum Gasteiger partial charge on any atom is 0.225 e. The Labute approximate surface area is 143 Å². The summed E-state index contributed by atoms with van der Waals surface area (Å²) in [6.45, 7) is 3.87. The van der Waals surface area contributed by atoms with Gasteiger partial charge in [-0.05, 0) is 38.0 Å². The minimum atomic E-state index is 0.0839. The third-order valence-corrected chi connectivity index (χ3v) is 4.39. The van der Waals surface area contributed by atoms with Crippen molar-refractivity contribution in [1.29, 1.82) is 0 Å². The summed E-state index contributed by atoms with van der Waals surface area (Å²) in [4.78, 5) is 18.7. The summed E-state index contributed by atoms with van der Waals surface area (Å²) >= 11 is 0. The molecule has 5 heteroatoms. The van der Waals surface area contributed by atoms with Crippen LogP contribution >= 0.6 is 0 Å². The van der Waals surface area contributed by atoms with Crippen LogP contribution in [0.2, 0.25) is 0 Å². The van der Waals surface area contributed by atoms with E-state index < -0.39 is 0 Å². The SMILES string of the molecule is C[C@@H](CC(=O)N1CCCCCC1)Nc1cccc(-c2ncco2)c1. The van der Waals surface area contributed by atoms with Crippen LogP contribution in [0.25, 0.3) is 11.5 Å². The fourth-order valence-corrected chi connectivity index (χ4v) is 3.15. The second-order valence-corrected chi connectivity index (χ2v) is 6.46. The zero-order chi connectivity index (χ0) is 16.8. The van der Waals surface area contributed by atoms with E-state index in [-0.39, 0.29) is 11.9 Å². The highest BCUT2D eigenvalue weighted by Gasteiger charge is 2.18. The lowest BCUT2D eigenvalue weighted by molar-refractivity contribution is -0.131. The summed E-state index contributed by atoms with van der Waals surface area (Å²) in [5, 5.41) is 3.41. The van der Waals surface area contributed by atoms with E-state index >= 15 is 0 Å². The number of rotatable bonds is 5. The highest BCUT2D eigenvalue weighted by Crippen LogP contribution is 2.22. The second-order valence-electron chi connectivity index (χ2n) is 6.46. The highest BCUT2D eigenvalue weighted by molar-refractivity contribution is 5.77. The van der Waals surface area contributed by atoms with Crippen LogP contribution in [-0.4, -0.2) is 34.9 Å². The number of anilines is 1. The molecule has 128 valence electrons. The van der Waals surface area contributed by atoms with Gasteiger partial charge < -0.3 is 14.6 Å². The molecule has 0 aliphatic carbocycles. The molecule has 2 heterocycles. The molecule has 1 aliphatic rings. The van der Waals surface area contributed by atoms with Crippen LogP contribution in [0.1, 0.15) is 39.0 Å². The summed E-state index contributed by atoms with van der Waals surface area (Å²) < 4.78 is 5.34. The largest absolute Gasteiger partial charge is 0.445 e. The lowest BCUT2D eigenvalue weighted by Crippen LogP contribution is -2.35. The Bertz CT molecular complexity index is 646. The lowest BCUT2D eigenvalue weighted by atomic mass is 10.1. The Morgan fingerprint density at radius 2 is 2.08 bits per heavy atom. The first kappa shape index (κ1) is 16.6. The van der Waals surface area contributed by atoms with Crippen molar-refractivity contribution in [2.24, 2.45) is 0 Å². The zero-order valence-corrected chi connectivity index (χ0v) is 14.2. The maximum absolute atomic E-state index is 12.5. The summed E-state index contributed by atoms with van der Waals surface area (Å²) in [7, 11) is 0. The van der Waals surface area contributed by atoms with Gasteiger partial charge in [0.2, 0.25) is 11.8 Å². The fraction of sp³-hybridized carbons (Fsp3) is 0.474. The van der Waals surface area contributed by atoms with E-state index in [2.05, 4.69) is 10.3 Å². The van der Waals surface area contributed by atoms with E-state index in [1.54, 1.807) is 12.5 Å². The third-order valence-electron chi connectivity index (χ3n) is 4.39. The van der Waals surface area contributed by atoms with E-state index in [4.69, 9.17) is 4.42 Å². The molecule has 0 unspecified atom stereocenters. The van der Waals surface area contributed by atoms with Gasteiger partial charge in [-0.25, -0.2) is 4.98 Å². The van der Waals surface area contributed by atoms with Crippen LogP contribution in [0.3, 0.4) is 0 Å². The van der Waals surface area contributed by atoms with E-state index in [0.717, 1.165) is 37.2 Å². The first-order valence-corrected chi connectivity index (χ1v) is 8.76. The molecular weight excluding hydrogens is 302 g/mol. The standard InChI is InChI=1S/C19H25N3O2/c1-15(13-18(23)22-10-4-2-3-5-11-22)21-17-8-6-7-16(14-17)19-20-9-12-24-19/h6-9,12,14-15,21H,2-5,10-11,13H2,1H3/t15-/m0/s1. The van der Waals surface area contributed by atoms with Gasteiger partial charge in [-0.2, -0.15) is 0 Å². The molecule has 1 aromatic heterocycles. The monoisotopic (exact) mass is 327 g/mol. The van der Waals surface area contributed by atoms with Crippen molar-refractivity contribution >= 4 is 11.6 Å². The topological polar surface area (TPSA) is 58.4 Å². The molecule has 0 radical (unpaired) electrons. The Hall–Kier alpha value is -2.30. The summed E-state index contributed by atoms with van der Waals surface area (Å²) in [5.74, 6) is 0.854. The first-order valence-electron chi connectivity index (χ1n) is 8.76. The number of hydrogen-bond donors (Lipinski definition) is 1. The van der Waals surface area contributed by atoms with Crippen molar-refractivity contribution in [1.82, 2.24) is 9.88 Å². The van der Waals surface area contributed by atoms with Crippen LogP contribution in [0, 0.1) is 0 Å². The third kappa shape index (κ3) is 4.37. The van der Waals surface area contributed by atoms with Gasteiger partial charge in [0.1, 0.15) is 6.26 Å². The van der Waals surface area contributed by atoms with E-state index in [1.807, 2.05) is 36.1 Å². The molecule has 2 aromatic rings. The number of benzene rings is 1. The fourth-order valence-electron chi connectivity index (χ4n) is 3.15. The molecular formula is C19H25N3O2. The number of hydrogen-bond acceptors (Lipinski definition) is 4. The average molecular weight is 327 g/mol. The molecule has 24 heavy (non-hydrogen) atoms. The van der Waals surface area contributed by atoms with Gasteiger partial charge >= 0.3 is 0 Å². The van der Waals surface area contributed by atoms with Crippen molar-refractivity contribution in [2.45, 2.75) is 45.1 Å². The lowest BCUT2D eigenvalue weighted by Gasteiger charge is -2.23. The van der Waals surface area contributed by atoms with Gasteiger partial charge in [0.25, 0.3) is 0 Å². The number of nitrogens with one attached hydrogen (secondary N) is 1. The summed E-state index contributed by atoms with van der Waals surface area (Å²) in [5.41, 5.74) is 1.90. The minimum absolute atomic E-state index is 0.0839. The Balaban J connectivity index is 1.57. The smallest absolute Gasteiger partial charge is 0.225 e. The highest BCUT2D eigenvalue weighted by atomic mass is 16.3. The van der Waals surface area contributed by atoms with Crippen molar-refractivity contribution in [3.8, 4) is 11.5 Å². The van der Waals surface area contributed by atoms with E-state index in [1.165, 1.54) is 12.8 Å². The summed E-state index contributed by atoms with van der Waals surface area (Å²) in [6, 6.07) is 8.01. The van der Waals surface area contributed by atoms with Gasteiger partial charge in [0, 0.05) is 36.8 Å². The molecule has 0 spiro atoms. The maximum atomic E-state index is 12.5. The molecule has 1 aliphatic heterocycles. The number of aromatic nitrogens is 1. The van der Waals surface area contributed by atoms with Gasteiger partial charge in [-0.15, -0.1) is 0 Å². The van der Waals surface area contributed by atoms with Gasteiger partial charge in [-0.3, -0.25) is 4.79 Å². The predicted octanol–water partition coefficient (Wildman–Crippen LogP) is 3.93. The molecule has 0 saturated carbocycles. The molecule has 3 rings (SSSR count). The van der Waals surface area contributed by atoms with Crippen LogP contribution in [0.5, 0.6) is 0 Å². The molecule has 1 saturated heterocycles. The number of carbonyl (C=O) groups is 1. The molecule has 0 bridgehead atoms. The van der Waals surface area contributed by atoms with E-state index in [9.17, 15) is 4.79 Å². The normalized spacial score (nSPS) is 16.5. The average Bonchev–Trinajstić information content (AvgIpc) is 2.97. The number of likely N-dealkylation sites (tertiary alicyclic amines) is 1. The van der Waals surface area contributed by atoms with Crippen molar-refractivity contribution in [3.63, 3.8) is 0 Å². The van der Waals surface area contributed by atoms with Gasteiger partial charge in [0.05, 0.1) is 6.20 Å². The number of oxazole rings is 1. The second kappa shape index (κ2) is 7.99. The van der Waals surface area contributed by atoms with Crippen LogP contribution < -0.4 is 5.32 Å². The molecule has 5 nitrogen and oxygen atoms in total. The van der Waals surface area contributed by atoms with Crippen molar-refractivity contribution in [2.75, 3.05) is 18.4 Å². The number of nitrogens with zero attached hydrogens (tertiary/aromatic N) is 2. The molecule has 1 atom stereocenters. The molecule has 1 N–H and O–H groups in total. The van der Waals surface area contributed by atoms with Crippen molar-refractivity contribution in [3.05, 3.63) is 36.7 Å². The Morgan fingerprint density at radius 1 is 1.29 bits per heavy atom. The summed E-state index contributed by atoms with van der Waals surface area (Å²) in [6.07, 6.45) is 8.47. The minimum Gasteiger partial charge on any atom is -0.445 e. The molecule has 1 fully saturated rings. The molecule has 1 amide bonds. The predicted molar refractivity (Wildman–Crippen MR) is 94.7 cm³/mol. The van der Waals surface area contributed by atoms with Crippen LogP contribution in [0.4, 0.5) is 5.69 Å². The van der Waals surface area contributed by atoms with Crippen LogP contribution in [-0.2, 0) is 4.79 Å². The number of carbonyl (C=O) groups excluding carboxylic acids is 1. The van der Waals surface area contributed by atoms with Gasteiger partial charge in [0.15, 0.2) is 0 Å². The molecule has 1 aromatic carbocycles. The van der Waals surface area contributed by atoms with Crippen LogP contribution in [0.15, 0.2) is 41.1 Å². The Kier molecular flexibility index (Phi) is 5.51. The van der Waals surface area contributed by atoms with Crippen molar-refractivity contribution < 1.29 is 9.21 Å². The quantitative estimate of drug-likeness (QED) is 0.904. The van der Waals surface area contributed by atoms with Gasteiger partial charge in [-0.1, -0.05) is 18.9 Å². The Morgan fingerprint density at radius 3 is 2.79 bits per heavy atom. The first-order chi connectivity index (χ1) is 11.7. The van der Waals surface area contributed by atoms with E-state index in [0.29, 0.717) is 12.3 Å².